The Bertz CT molecular complexity index is 587. The third-order valence-electron chi connectivity index (χ3n) is 3.06. The predicted octanol–water partition coefficient (Wildman–Crippen LogP) is 3.07. The number of benzene rings is 1. The number of H-pyrrole nitrogens is 2. The largest absolute Gasteiger partial charge is 0.323 e. The molecule has 3 N–H and O–H groups in total. The molecule has 1 aromatic carbocycles. The molecule has 0 radical (unpaired) electrons. The molecule has 1 unspecified atom stereocenters. The molecule has 2 rings (SSSR count). The molecule has 0 bridgehead atoms. The lowest BCUT2D eigenvalue weighted by Gasteiger charge is -2.18. The van der Waals surface area contributed by atoms with E-state index in [4.69, 9.17) is 0 Å². The molecular weight excluding hydrogens is 294 g/mol. The van der Waals surface area contributed by atoms with E-state index in [1.165, 1.54) is 5.56 Å². The number of hydrogen-bond acceptors (Lipinski definition) is 2. The third kappa shape index (κ3) is 2.67. The summed E-state index contributed by atoms with van der Waals surface area (Å²) in [6.45, 7) is 5.30. The Morgan fingerprint density at radius 2 is 1.94 bits per heavy atom. The monoisotopic (exact) mass is 311 g/mol. The van der Waals surface area contributed by atoms with Crippen LogP contribution in [0.25, 0.3) is 11.0 Å². The second-order valence-corrected chi connectivity index (χ2v) is 5.27. The summed E-state index contributed by atoms with van der Waals surface area (Å²) in [6, 6.07) is 4.30. The van der Waals surface area contributed by atoms with Crippen LogP contribution in [-0.2, 0) is 0 Å². The molecule has 18 heavy (non-hydrogen) atoms. The van der Waals surface area contributed by atoms with Gasteiger partial charge in [0.1, 0.15) is 0 Å². The van der Waals surface area contributed by atoms with Crippen LogP contribution >= 0.6 is 15.9 Å². The number of aromatic nitrogens is 2. The lowest BCUT2D eigenvalue weighted by atomic mass is 10.0. The van der Waals surface area contributed by atoms with Crippen molar-refractivity contribution < 1.29 is 0 Å². The Balaban J connectivity index is 2.41. The topological polar surface area (TPSA) is 60.7 Å². The first-order chi connectivity index (χ1) is 8.65. The van der Waals surface area contributed by atoms with Gasteiger partial charge in [-0.1, -0.05) is 29.8 Å². The molecule has 2 aromatic rings. The number of nitrogens with one attached hydrogen (secondary N) is 3. The summed E-state index contributed by atoms with van der Waals surface area (Å²) in [4.78, 5) is 16.8. The van der Waals surface area contributed by atoms with Crippen LogP contribution in [0.1, 0.15) is 38.3 Å². The van der Waals surface area contributed by atoms with Crippen LogP contribution in [0.3, 0.4) is 0 Å². The van der Waals surface area contributed by atoms with Gasteiger partial charge >= 0.3 is 5.69 Å². The van der Waals surface area contributed by atoms with Crippen LogP contribution in [0.4, 0.5) is 0 Å². The van der Waals surface area contributed by atoms with Crippen molar-refractivity contribution in [1.82, 2.24) is 15.3 Å². The van der Waals surface area contributed by atoms with E-state index in [1.807, 2.05) is 12.1 Å². The minimum atomic E-state index is -0.163. The lowest BCUT2D eigenvalue weighted by molar-refractivity contribution is 0.517. The van der Waals surface area contributed by atoms with E-state index in [0.29, 0.717) is 6.04 Å². The van der Waals surface area contributed by atoms with Crippen molar-refractivity contribution in [3.8, 4) is 0 Å². The number of aromatic amines is 2. The van der Waals surface area contributed by atoms with E-state index in [2.05, 4.69) is 45.1 Å². The zero-order chi connectivity index (χ0) is 13.1. The summed E-state index contributed by atoms with van der Waals surface area (Å²) in [7, 11) is 0. The maximum atomic E-state index is 11.3. The van der Waals surface area contributed by atoms with Gasteiger partial charge in [-0.05, 0) is 37.1 Å². The third-order valence-corrected chi connectivity index (χ3v) is 3.74. The fourth-order valence-electron chi connectivity index (χ4n) is 2.13. The highest BCUT2D eigenvalue weighted by Gasteiger charge is 2.13. The van der Waals surface area contributed by atoms with Gasteiger partial charge in [0.2, 0.25) is 0 Å². The minimum Gasteiger partial charge on any atom is -0.310 e. The average molecular weight is 312 g/mol. The molecule has 0 amide bonds. The van der Waals surface area contributed by atoms with Gasteiger partial charge in [-0.3, -0.25) is 0 Å². The average Bonchev–Trinajstić information content (AvgIpc) is 2.69. The molecule has 0 spiro atoms. The van der Waals surface area contributed by atoms with E-state index >= 15 is 0 Å². The summed E-state index contributed by atoms with van der Waals surface area (Å²) in [6.07, 6.45) is 2.12. The Morgan fingerprint density at radius 3 is 2.56 bits per heavy atom. The van der Waals surface area contributed by atoms with Crippen LogP contribution in [0.2, 0.25) is 0 Å². The fraction of sp³-hybridized carbons (Fsp3) is 0.462. The number of fused-ring (bicyclic) bond motifs is 1. The summed E-state index contributed by atoms with van der Waals surface area (Å²) in [5, 5.41) is 3.52. The van der Waals surface area contributed by atoms with Crippen molar-refractivity contribution >= 4 is 27.0 Å². The Morgan fingerprint density at radius 1 is 1.28 bits per heavy atom. The zero-order valence-corrected chi connectivity index (χ0v) is 12.2. The SMILES string of the molecule is CCCNC(CC)c1cc2[nH]c(=O)[nH]c2cc1Br. The minimum absolute atomic E-state index is 0.163. The van der Waals surface area contributed by atoms with Crippen molar-refractivity contribution in [3.05, 3.63) is 32.7 Å². The highest BCUT2D eigenvalue weighted by Crippen LogP contribution is 2.28. The Labute approximate surface area is 114 Å². The van der Waals surface area contributed by atoms with Crippen LogP contribution in [0.15, 0.2) is 21.4 Å². The van der Waals surface area contributed by atoms with E-state index < -0.39 is 0 Å². The molecule has 0 saturated carbocycles. The van der Waals surface area contributed by atoms with Gasteiger partial charge in [0.25, 0.3) is 0 Å². The first-order valence-corrected chi connectivity index (χ1v) is 7.09. The maximum absolute atomic E-state index is 11.3. The summed E-state index contributed by atoms with van der Waals surface area (Å²) in [5.74, 6) is 0. The molecule has 0 aliphatic rings. The lowest BCUT2D eigenvalue weighted by Crippen LogP contribution is -2.21. The van der Waals surface area contributed by atoms with Gasteiger partial charge < -0.3 is 15.3 Å². The van der Waals surface area contributed by atoms with Gasteiger partial charge in [0, 0.05) is 10.5 Å². The van der Waals surface area contributed by atoms with Crippen LogP contribution in [0, 0.1) is 0 Å². The molecule has 1 aromatic heterocycles. The maximum Gasteiger partial charge on any atom is 0.323 e. The first-order valence-electron chi connectivity index (χ1n) is 6.30. The van der Waals surface area contributed by atoms with Crippen molar-refractivity contribution in [3.63, 3.8) is 0 Å². The first kappa shape index (κ1) is 13.4. The van der Waals surface area contributed by atoms with Gasteiger partial charge in [0.05, 0.1) is 11.0 Å². The van der Waals surface area contributed by atoms with E-state index in [9.17, 15) is 4.79 Å². The van der Waals surface area contributed by atoms with E-state index in [-0.39, 0.29) is 5.69 Å². The fourth-order valence-corrected chi connectivity index (χ4v) is 2.75. The zero-order valence-electron chi connectivity index (χ0n) is 10.6. The number of hydrogen-bond donors (Lipinski definition) is 3. The predicted molar refractivity (Wildman–Crippen MR) is 77.9 cm³/mol. The second-order valence-electron chi connectivity index (χ2n) is 4.41. The molecule has 1 atom stereocenters. The van der Waals surface area contributed by atoms with Crippen molar-refractivity contribution in [2.45, 2.75) is 32.7 Å². The normalized spacial score (nSPS) is 13.1. The molecule has 0 fully saturated rings. The molecule has 0 saturated heterocycles. The quantitative estimate of drug-likeness (QED) is 0.794. The molecule has 5 heteroatoms. The molecule has 0 aliphatic carbocycles. The summed E-state index contributed by atoms with van der Waals surface area (Å²) in [5.41, 5.74) is 2.72. The molecule has 0 aliphatic heterocycles. The summed E-state index contributed by atoms with van der Waals surface area (Å²) >= 11 is 3.58. The molecule has 4 nitrogen and oxygen atoms in total. The standard InChI is InChI=1S/C13H18BrN3O/c1-3-5-15-10(4-2)8-6-11-12(7-9(8)14)17-13(18)16-11/h6-7,10,15H,3-5H2,1-2H3,(H2,16,17,18). The van der Waals surface area contributed by atoms with E-state index in [0.717, 1.165) is 34.9 Å². The van der Waals surface area contributed by atoms with Crippen LogP contribution in [-0.4, -0.2) is 16.5 Å². The molecule has 1 heterocycles. The highest BCUT2D eigenvalue weighted by molar-refractivity contribution is 9.10. The van der Waals surface area contributed by atoms with Gasteiger partial charge in [-0.2, -0.15) is 0 Å². The van der Waals surface area contributed by atoms with E-state index in [1.54, 1.807) is 0 Å². The second kappa shape index (κ2) is 5.71. The van der Waals surface area contributed by atoms with Gasteiger partial charge in [-0.15, -0.1) is 0 Å². The van der Waals surface area contributed by atoms with Gasteiger partial charge in [0.15, 0.2) is 0 Å². The Kier molecular flexibility index (Phi) is 4.24. The smallest absolute Gasteiger partial charge is 0.310 e. The van der Waals surface area contributed by atoms with Crippen molar-refractivity contribution in [2.24, 2.45) is 0 Å². The van der Waals surface area contributed by atoms with Crippen LogP contribution < -0.4 is 11.0 Å². The highest BCUT2D eigenvalue weighted by atomic mass is 79.9. The summed E-state index contributed by atoms with van der Waals surface area (Å²) < 4.78 is 1.03. The Hall–Kier alpha value is -1.07. The van der Waals surface area contributed by atoms with Crippen molar-refractivity contribution in [1.29, 1.82) is 0 Å². The van der Waals surface area contributed by atoms with Crippen molar-refractivity contribution in [2.75, 3.05) is 6.54 Å². The molecule has 98 valence electrons. The number of rotatable bonds is 5. The van der Waals surface area contributed by atoms with Crippen LogP contribution in [0.5, 0.6) is 0 Å². The number of halogens is 1. The number of imidazole rings is 1. The molecular formula is C13H18BrN3O. The van der Waals surface area contributed by atoms with Gasteiger partial charge in [-0.25, -0.2) is 4.79 Å².